The maximum atomic E-state index is 15.0. The van der Waals surface area contributed by atoms with Crippen molar-refractivity contribution in [2.24, 2.45) is 0 Å². The Kier molecular flexibility index (Phi) is 4.88. The number of aromatic nitrogens is 3. The molecule has 0 spiro atoms. The number of furan rings is 3. The van der Waals surface area contributed by atoms with E-state index in [0.29, 0.717) is 82.8 Å². The van der Waals surface area contributed by atoms with Crippen molar-refractivity contribution in [2.75, 3.05) is 0 Å². The first-order chi connectivity index (χ1) is 26.5. The molecule has 7 aromatic carbocycles. The summed E-state index contributed by atoms with van der Waals surface area (Å²) in [6, 6.07) is 33.9. The number of para-hydroxylation sites is 3. The van der Waals surface area contributed by atoms with Gasteiger partial charge in [-0.05, 0) is 36.4 Å². The fourth-order valence-electron chi connectivity index (χ4n) is 8.80. The van der Waals surface area contributed by atoms with Crippen LogP contribution >= 0.6 is 0 Å². The Morgan fingerprint density at radius 1 is 0.315 bits per heavy atom. The average molecular weight is 700 g/mol. The van der Waals surface area contributed by atoms with Crippen molar-refractivity contribution in [1.29, 1.82) is 0 Å². The van der Waals surface area contributed by atoms with Gasteiger partial charge in [-0.3, -0.25) is 14.4 Å². The number of nitrogens with one attached hydrogen (secondary N) is 3. The van der Waals surface area contributed by atoms with Crippen molar-refractivity contribution in [3.63, 3.8) is 0 Å². The maximum absolute atomic E-state index is 15.0. The van der Waals surface area contributed by atoms with E-state index in [4.69, 9.17) is 13.3 Å². The van der Waals surface area contributed by atoms with Crippen LogP contribution in [0, 0.1) is 0 Å². The van der Waals surface area contributed by atoms with Crippen LogP contribution in [0.4, 0.5) is 0 Å². The number of fused-ring (bicyclic) bond motifs is 18. The molecule has 252 valence electrons. The van der Waals surface area contributed by atoms with Gasteiger partial charge in [0.1, 0.15) is 33.5 Å². The second-order valence-corrected chi connectivity index (χ2v) is 14.1. The molecule has 0 fully saturated rings. The molecule has 13 aromatic rings. The second kappa shape index (κ2) is 9.41. The van der Waals surface area contributed by atoms with Crippen LogP contribution in [0.25, 0.3) is 131 Å². The molecule has 54 heavy (non-hydrogen) atoms. The van der Waals surface area contributed by atoms with Crippen molar-refractivity contribution in [3.8, 4) is 0 Å². The standard InChI is InChI=1S/C45H21N3O6/c49-43-25-13-22-19-7-1-4-10-31(19)52-34(22)16-28(25)46-40-37(43)41-39(45(51)26-14-23-20-8-2-5-11-32(20)53-35(23)17-29(26)47-41)42-38(40)44(50)27-15-24-21-9-3-6-12-33(21)54-36(24)18-30(27)48-42/h1-18H,(H,46,49)(H,47,51)(H,48,50). The predicted molar refractivity (Wildman–Crippen MR) is 215 cm³/mol. The van der Waals surface area contributed by atoms with Gasteiger partial charge in [-0.25, -0.2) is 0 Å². The summed E-state index contributed by atoms with van der Waals surface area (Å²) < 4.78 is 18.6. The summed E-state index contributed by atoms with van der Waals surface area (Å²) in [5.74, 6) is 0. The number of benzene rings is 7. The summed E-state index contributed by atoms with van der Waals surface area (Å²) in [6.45, 7) is 0. The monoisotopic (exact) mass is 699 g/mol. The highest BCUT2D eigenvalue weighted by Gasteiger charge is 2.24. The number of aromatic amines is 3. The molecule has 6 aromatic heterocycles. The first kappa shape index (κ1) is 28.0. The van der Waals surface area contributed by atoms with Crippen molar-refractivity contribution in [1.82, 2.24) is 15.0 Å². The fourth-order valence-corrected chi connectivity index (χ4v) is 8.80. The third-order valence-electron chi connectivity index (χ3n) is 11.2. The van der Waals surface area contributed by atoms with E-state index in [-0.39, 0.29) is 32.4 Å². The molecule has 0 aliphatic heterocycles. The van der Waals surface area contributed by atoms with E-state index in [1.807, 2.05) is 91.0 Å². The molecule has 6 heterocycles. The molecule has 0 aliphatic rings. The van der Waals surface area contributed by atoms with Gasteiger partial charge in [-0.15, -0.1) is 0 Å². The summed E-state index contributed by atoms with van der Waals surface area (Å²) in [6.07, 6.45) is 0. The topological polar surface area (TPSA) is 138 Å². The fraction of sp³-hybridized carbons (Fsp3) is 0. The molecule has 3 N–H and O–H groups in total. The lowest BCUT2D eigenvalue weighted by atomic mass is 9.97. The normalized spacial score (nSPS) is 12.7. The lowest BCUT2D eigenvalue weighted by Gasteiger charge is -2.13. The van der Waals surface area contributed by atoms with Gasteiger partial charge in [0.05, 0.1) is 49.3 Å². The zero-order valence-corrected chi connectivity index (χ0v) is 27.8. The van der Waals surface area contributed by atoms with Crippen LogP contribution in [0.15, 0.2) is 137 Å². The first-order valence-corrected chi connectivity index (χ1v) is 17.5. The van der Waals surface area contributed by atoms with Crippen LogP contribution in [-0.4, -0.2) is 15.0 Å². The number of rotatable bonds is 0. The van der Waals surface area contributed by atoms with Gasteiger partial charge in [0.25, 0.3) is 0 Å². The maximum Gasteiger partial charge on any atom is 0.199 e. The van der Waals surface area contributed by atoms with Gasteiger partial charge in [-0.2, -0.15) is 0 Å². The lowest BCUT2D eigenvalue weighted by Crippen LogP contribution is -2.15. The molecule has 13 rings (SSSR count). The molecule has 0 atom stereocenters. The highest BCUT2D eigenvalue weighted by molar-refractivity contribution is 6.27. The van der Waals surface area contributed by atoms with Gasteiger partial charge in [0, 0.05) is 66.7 Å². The minimum atomic E-state index is -0.326. The molecule has 0 bridgehead atoms. The predicted octanol–water partition coefficient (Wildman–Crippen LogP) is 10.4. The summed E-state index contributed by atoms with van der Waals surface area (Å²) in [7, 11) is 0. The SMILES string of the molecule is O=c1c2cc3c(cc2[nH]c2c1c1[nH]c4cc5oc6ccccc6c5cc4c(=O)c1c1[nH]c4cc5oc6ccccc6c5cc4c(=O)c21)oc1ccccc13. The van der Waals surface area contributed by atoms with Gasteiger partial charge in [0.2, 0.25) is 0 Å². The molecular weight excluding hydrogens is 679 g/mol. The summed E-state index contributed by atoms with van der Waals surface area (Å²) in [4.78, 5) is 55.3. The van der Waals surface area contributed by atoms with Crippen LogP contribution in [0.3, 0.4) is 0 Å². The lowest BCUT2D eigenvalue weighted by molar-refractivity contribution is 0.669. The Balaban J connectivity index is 1.28. The summed E-state index contributed by atoms with van der Waals surface area (Å²) in [5.41, 5.74) is 5.37. The van der Waals surface area contributed by atoms with Gasteiger partial charge in [0.15, 0.2) is 16.3 Å². The van der Waals surface area contributed by atoms with E-state index in [1.165, 1.54) is 0 Å². The zero-order valence-electron chi connectivity index (χ0n) is 27.8. The van der Waals surface area contributed by atoms with E-state index < -0.39 is 0 Å². The Morgan fingerprint density at radius 3 is 0.926 bits per heavy atom. The molecule has 0 saturated heterocycles. The quantitative estimate of drug-likeness (QED) is 0.106. The van der Waals surface area contributed by atoms with Crippen LogP contribution < -0.4 is 16.3 Å². The molecule has 0 aliphatic carbocycles. The Labute approximate surface area is 298 Å². The van der Waals surface area contributed by atoms with E-state index >= 15 is 0 Å². The van der Waals surface area contributed by atoms with Crippen LogP contribution in [0.2, 0.25) is 0 Å². The molecule has 0 unspecified atom stereocenters. The second-order valence-electron chi connectivity index (χ2n) is 14.1. The molecule has 9 nitrogen and oxygen atoms in total. The van der Waals surface area contributed by atoms with Crippen molar-refractivity contribution < 1.29 is 13.3 Å². The van der Waals surface area contributed by atoms with E-state index in [1.54, 1.807) is 18.2 Å². The van der Waals surface area contributed by atoms with E-state index in [9.17, 15) is 14.4 Å². The molecule has 0 saturated carbocycles. The third-order valence-corrected chi connectivity index (χ3v) is 11.2. The van der Waals surface area contributed by atoms with Crippen LogP contribution in [0.5, 0.6) is 0 Å². The van der Waals surface area contributed by atoms with Crippen molar-refractivity contribution >= 4 is 131 Å². The largest absolute Gasteiger partial charge is 0.456 e. The number of pyridine rings is 3. The molecule has 0 amide bonds. The smallest absolute Gasteiger partial charge is 0.199 e. The first-order valence-electron chi connectivity index (χ1n) is 17.5. The minimum Gasteiger partial charge on any atom is -0.456 e. The highest BCUT2D eigenvalue weighted by Crippen LogP contribution is 2.38. The van der Waals surface area contributed by atoms with Gasteiger partial charge >= 0.3 is 0 Å². The van der Waals surface area contributed by atoms with E-state index in [2.05, 4.69) is 15.0 Å². The number of H-pyrrole nitrogens is 3. The molecular formula is C45H21N3O6. The average Bonchev–Trinajstić information content (AvgIpc) is 3.86. The van der Waals surface area contributed by atoms with Crippen molar-refractivity contribution in [3.05, 3.63) is 140 Å². The number of hydrogen-bond acceptors (Lipinski definition) is 6. The Morgan fingerprint density at radius 2 is 0.611 bits per heavy atom. The Hall–Kier alpha value is -7.65. The van der Waals surface area contributed by atoms with Crippen molar-refractivity contribution in [2.45, 2.75) is 0 Å². The Bertz CT molecular complexity index is 3650. The summed E-state index contributed by atoms with van der Waals surface area (Å²) in [5, 5.41) is 6.85. The molecule has 0 radical (unpaired) electrons. The van der Waals surface area contributed by atoms with Gasteiger partial charge < -0.3 is 28.2 Å². The molecule has 9 heteroatoms. The summed E-state index contributed by atoms with van der Waals surface area (Å²) >= 11 is 0. The highest BCUT2D eigenvalue weighted by atomic mass is 16.3. The zero-order chi connectivity index (χ0) is 35.6. The van der Waals surface area contributed by atoms with Gasteiger partial charge in [-0.1, -0.05) is 54.6 Å². The van der Waals surface area contributed by atoms with E-state index in [0.717, 1.165) is 32.3 Å². The van der Waals surface area contributed by atoms with Crippen LogP contribution in [-0.2, 0) is 0 Å². The number of hydrogen-bond donors (Lipinski definition) is 3. The third kappa shape index (κ3) is 3.37. The van der Waals surface area contributed by atoms with Crippen LogP contribution in [0.1, 0.15) is 0 Å². The minimum absolute atomic E-state index is 0.209.